The predicted molar refractivity (Wildman–Crippen MR) is 141 cm³/mol. The van der Waals surface area contributed by atoms with E-state index in [2.05, 4.69) is 37.8 Å². The van der Waals surface area contributed by atoms with Gasteiger partial charge in [0.1, 0.15) is 5.75 Å². The molecule has 0 amide bonds. The van der Waals surface area contributed by atoms with Crippen LogP contribution in [0.4, 0.5) is 0 Å². The van der Waals surface area contributed by atoms with Crippen molar-refractivity contribution in [3.63, 3.8) is 0 Å². The van der Waals surface area contributed by atoms with Crippen molar-refractivity contribution in [2.75, 3.05) is 6.54 Å². The summed E-state index contributed by atoms with van der Waals surface area (Å²) < 4.78 is 8.34. The molecule has 0 radical (unpaired) electrons. The van der Waals surface area contributed by atoms with Gasteiger partial charge in [0.2, 0.25) is 5.88 Å². The third kappa shape index (κ3) is 6.38. The minimum Gasteiger partial charge on any atom is -0.439 e. The van der Waals surface area contributed by atoms with Crippen LogP contribution in [0.25, 0.3) is 5.69 Å². The molecule has 0 bridgehead atoms. The quantitative estimate of drug-likeness (QED) is 0.305. The molecule has 0 aliphatic heterocycles. The second-order valence-electron chi connectivity index (χ2n) is 9.40. The number of benzene rings is 3. The summed E-state index contributed by atoms with van der Waals surface area (Å²) in [4.78, 5) is 2.29. The molecule has 182 valence electrons. The van der Waals surface area contributed by atoms with Crippen molar-refractivity contribution in [2.45, 2.75) is 52.8 Å². The Balaban J connectivity index is 1.63. The van der Waals surface area contributed by atoms with E-state index in [-0.39, 0.29) is 6.04 Å². The van der Waals surface area contributed by atoms with E-state index in [4.69, 9.17) is 9.84 Å². The molecule has 0 aliphatic rings. The summed E-state index contributed by atoms with van der Waals surface area (Å²) in [5.74, 6) is 1.48. The Bertz CT molecular complexity index is 1200. The predicted octanol–water partition coefficient (Wildman–Crippen LogP) is 6.10. The fourth-order valence-corrected chi connectivity index (χ4v) is 4.17. The first kappa shape index (κ1) is 24.7. The monoisotopic (exact) mass is 469 g/mol. The molecular formula is C30H35N3O2. The molecule has 3 aromatic carbocycles. The molecule has 0 fully saturated rings. The summed E-state index contributed by atoms with van der Waals surface area (Å²) in [5.41, 5.74) is 5.21. The lowest BCUT2D eigenvalue weighted by atomic mass is 10.1. The highest BCUT2D eigenvalue weighted by Gasteiger charge is 2.24. The van der Waals surface area contributed by atoms with Crippen LogP contribution < -0.4 is 4.74 Å². The maximum atomic E-state index is 10.9. The average Bonchev–Trinajstić information content (AvgIpc) is 3.16. The number of aliphatic hydroxyl groups excluding tert-OH is 1. The SMILES string of the molecule is Cc1ccc(Oc2c(CN(CC(O)Cc3ccccc3)C(C)C)c(C)nn2-c2ccccc2)cc1. The number of aryl methyl sites for hydroxylation is 2. The summed E-state index contributed by atoms with van der Waals surface area (Å²) in [6.45, 7) is 9.60. The van der Waals surface area contributed by atoms with Crippen molar-refractivity contribution >= 4 is 0 Å². The van der Waals surface area contributed by atoms with E-state index in [0.717, 1.165) is 28.3 Å². The topological polar surface area (TPSA) is 50.5 Å². The Morgan fingerprint density at radius 2 is 1.51 bits per heavy atom. The van der Waals surface area contributed by atoms with E-state index in [1.807, 2.05) is 84.4 Å². The van der Waals surface area contributed by atoms with Gasteiger partial charge in [0.05, 0.1) is 23.0 Å². The fraction of sp³-hybridized carbons (Fsp3) is 0.300. The van der Waals surface area contributed by atoms with Gasteiger partial charge in [-0.2, -0.15) is 5.10 Å². The Kier molecular flexibility index (Phi) is 8.01. The smallest absolute Gasteiger partial charge is 0.227 e. The van der Waals surface area contributed by atoms with Crippen LogP contribution in [0, 0.1) is 13.8 Å². The van der Waals surface area contributed by atoms with Gasteiger partial charge in [-0.15, -0.1) is 0 Å². The lowest BCUT2D eigenvalue weighted by Gasteiger charge is -2.29. The summed E-state index contributed by atoms with van der Waals surface area (Å²) in [6.07, 6.45) is 0.157. The van der Waals surface area contributed by atoms with Crippen LogP contribution in [0.2, 0.25) is 0 Å². The number of hydrogen-bond acceptors (Lipinski definition) is 4. The largest absolute Gasteiger partial charge is 0.439 e. The molecule has 0 spiro atoms. The van der Waals surface area contributed by atoms with Gasteiger partial charge in [0, 0.05) is 19.1 Å². The van der Waals surface area contributed by atoms with E-state index in [0.29, 0.717) is 25.4 Å². The molecule has 1 unspecified atom stereocenters. The lowest BCUT2D eigenvalue weighted by molar-refractivity contribution is 0.0902. The van der Waals surface area contributed by atoms with Crippen LogP contribution in [-0.4, -0.2) is 38.5 Å². The van der Waals surface area contributed by atoms with Gasteiger partial charge in [-0.3, -0.25) is 4.90 Å². The molecular weight excluding hydrogens is 434 g/mol. The molecule has 5 heteroatoms. The van der Waals surface area contributed by atoms with Crippen molar-refractivity contribution in [1.82, 2.24) is 14.7 Å². The normalized spacial score (nSPS) is 12.3. The minimum atomic E-state index is -0.467. The van der Waals surface area contributed by atoms with Crippen LogP contribution in [-0.2, 0) is 13.0 Å². The summed E-state index contributed by atoms with van der Waals surface area (Å²) >= 11 is 0. The molecule has 1 atom stereocenters. The standard InChI is InChI=1S/C30H35N3O2/c1-22(2)32(20-27(34)19-25-11-7-5-8-12-25)21-29-24(4)31-33(26-13-9-6-10-14-26)30(29)35-28-17-15-23(3)16-18-28/h5-18,22,27,34H,19-21H2,1-4H3. The summed E-state index contributed by atoms with van der Waals surface area (Å²) in [5, 5.41) is 15.7. The van der Waals surface area contributed by atoms with E-state index in [1.165, 1.54) is 5.56 Å². The van der Waals surface area contributed by atoms with Crippen LogP contribution in [0.3, 0.4) is 0 Å². The molecule has 35 heavy (non-hydrogen) atoms. The number of rotatable bonds is 10. The highest BCUT2D eigenvalue weighted by Crippen LogP contribution is 2.32. The van der Waals surface area contributed by atoms with Crippen LogP contribution in [0.1, 0.15) is 36.2 Å². The number of aromatic nitrogens is 2. The van der Waals surface area contributed by atoms with E-state index < -0.39 is 6.10 Å². The first-order chi connectivity index (χ1) is 16.9. The molecule has 4 aromatic rings. The van der Waals surface area contributed by atoms with E-state index in [9.17, 15) is 5.11 Å². The number of aliphatic hydroxyl groups is 1. The van der Waals surface area contributed by atoms with Crippen LogP contribution in [0.15, 0.2) is 84.9 Å². The fourth-order valence-electron chi connectivity index (χ4n) is 4.17. The number of hydrogen-bond donors (Lipinski definition) is 1. The third-order valence-corrected chi connectivity index (χ3v) is 6.22. The highest BCUT2D eigenvalue weighted by atomic mass is 16.5. The first-order valence-electron chi connectivity index (χ1n) is 12.2. The van der Waals surface area contributed by atoms with Crippen molar-refractivity contribution in [3.8, 4) is 17.3 Å². The number of nitrogens with zero attached hydrogens (tertiary/aromatic N) is 3. The molecule has 4 rings (SSSR count). The molecule has 1 N–H and O–H groups in total. The highest BCUT2D eigenvalue weighted by molar-refractivity contribution is 5.43. The minimum absolute atomic E-state index is 0.243. The van der Waals surface area contributed by atoms with E-state index in [1.54, 1.807) is 0 Å². The third-order valence-electron chi connectivity index (χ3n) is 6.22. The van der Waals surface area contributed by atoms with Gasteiger partial charge in [-0.25, -0.2) is 4.68 Å². The second-order valence-corrected chi connectivity index (χ2v) is 9.40. The van der Waals surface area contributed by atoms with Gasteiger partial charge in [-0.05, 0) is 63.9 Å². The number of ether oxygens (including phenoxy) is 1. The second kappa shape index (κ2) is 11.3. The number of para-hydroxylation sites is 1. The maximum Gasteiger partial charge on any atom is 0.227 e. The zero-order valence-electron chi connectivity index (χ0n) is 21.1. The Morgan fingerprint density at radius 1 is 0.886 bits per heavy atom. The van der Waals surface area contributed by atoms with Crippen LogP contribution in [0.5, 0.6) is 11.6 Å². The molecule has 1 aromatic heterocycles. The van der Waals surface area contributed by atoms with Crippen molar-refractivity contribution in [1.29, 1.82) is 0 Å². The molecule has 1 heterocycles. The van der Waals surface area contributed by atoms with Gasteiger partial charge < -0.3 is 9.84 Å². The van der Waals surface area contributed by atoms with Crippen molar-refractivity contribution in [3.05, 3.63) is 107 Å². The van der Waals surface area contributed by atoms with Crippen molar-refractivity contribution < 1.29 is 9.84 Å². The van der Waals surface area contributed by atoms with Gasteiger partial charge in [0.15, 0.2) is 0 Å². The van der Waals surface area contributed by atoms with E-state index >= 15 is 0 Å². The Labute approximate surface area is 208 Å². The zero-order chi connectivity index (χ0) is 24.8. The Hall–Kier alpha value is -3.41. The van der Waals surface area contributed by atoms with Crippen LogP contribution >= 0.6 is 0 Å². The lowest BCUT2D eigenvalue weighted by Crippen LogP contribution is -2.38. The first-order valence-corrected chi connectivity index (χ1v) is 12.2. The molecule has 5 nitrogen and oxygen atoms in total. The summed E-state index contributed by atoms with van der Waals surface area (Å²) in [6, 6.07) is 28.5. The van der Waals surface area contributed by atoms with Gasteiger partial charge in [0.25, 0.3) is 0 Å². The van der Waals surface area contributed by atoms with Crippen molar-refractivity contribution in [2.24, 2.45) is 0 Å². The van der Waals surface area contributed by atoms with Gasteiger partial charge >= 0.3 is 0 Å². The average molecular weight is 470 g/mol. The molecule has 0 saturated heterocycles. The molecule has 0 aliphatic carbocycles. The summed E-state index contributed by atoms with van der Waals surface area (Å²) in [7, 11) is 0. The Morgan fingerprint density at radius 3 is 2.14 bits per heavy atom. The maximum absolute atomic E-state index is 10.9. The molecule has 0 saturated carbocycles. The zero-order valence-corrected chi connectivity index (χ0v) is 21.1. The van der Waals surface area contributed by atoms with Gasteiger partial charge in [-0.1, -0.05) is 66.2 Å².